The molecule has 110 valence electrons. The van der Waals surface area contributed by atoms with Crippen LogP contribution in [0.5, 0.6) is 0 Å². The van der Waals surface area contributed by atoms with Gasteiger partial charge in [-0.1, -0.05) is 18.5 Å². The van der Waals surface area contributed by atoms with E-state index in [2.05, 4.69) is 17.1 Å². The van der Waals surface area contributed by atoms with Gasteiger partial charge in [-0.25, -0.2) is 4.39 Å². The van der Waals surface area contributed by atoms with Crippen molar-refractivity contribution in [2.75, 3.05) is 18.4 Å². The zero-order valence-electron chi connectivity index (χ0n) is 11.8. The summed E-state index contributed by atoms with van der Waals surface area (Å²) in [5.41, 5.74) is 0.454. The van der Waals surface area contributed by atoms with Crippen LogP contribution in [-0.4, -0.2) is 29.9 Å². The number of carbonyl (C=O) groups excluding carboxylic acids is 1. The van der Waals surface area contributed by atoms with Crippen LogP contribution >= 0.6 is 11.6 Å². The van der Waals surface area contributed by atoms with Crippen LogP contribution in [0.3, 0.4) is 0 Å². The molecule has 1 saturated heterocycles. The Morgan fingerprint density at radius 3 is 2.95 bits per heavy atom. The maximum atomic E-state index is 13.0. The first-order valence-corrected chi connectivity index (χ1v) is 7.35. The molecule has 1 fully saturated rings. The smallest absolute Gasteiger partial charge is 0.241 e. The molecule has 1 N–H and O–H groups in total. The molecule has 0 radical (unpaired) electrons. The highest BCUT2D eigenvalue weighted by atomic mass is 35.5. The van der Waals surface area contributed by atoms with E-state index >= 15 is 0 Å². The molecule has 1 aliphatic heterocycles. The summed E-state index contributed by atoms with van der Waals surface area (Å²) in [6.07, 6.45) is 2.34. The molecule has 5 heteroatoms. The van der Waals surface area contributed by atoms with Gasteiger partial charge in [-0.3, -0.25) is 9.69 Å². The quantitative estimate of drug-likeness (QED) is 0.926. The van der Waals surface area contributed by atoms with Crippen molar-refractivity contribution in [2.24, 2.45) is 5.92 Å². The topological polar surface area (TPSA) is 32.3 Å². The molecule has 3 nitrogen and oxygen atoms in total. The number of halogens is 2. The van der Waals surface area contributed by atoms with Gasteiger partial charge >= 0.3 is 0 Å². The second-order valence-corrected chi connectivity index (χ2v) is 5.94. The van der Waals surface area contributed by atoms with Gasteiger partial charge in [0.15, 0.2) is 0 Å². The third kappa shape index (κ3) is 3.70. The lowest BCUT2D eigenvalue weighted by Crippen LogP contribution is -2.46. The number of carbonyl (C=O) groups is 1. The van der Waals surface area contributed by atoms with Gasteiger partial charge in [-0.05, 0) is 50.4 Å². The molecular weight excluding hydrogens is 279 g/mol. The van der Waals surface area contributed by atoms with E-state index in [-0.39, 0.29) is 17.0 Å². The van der Waals surface area contributed by atoms with Crippen molar-refractivity contribution in [3.05, 3.63) is 29.0 Å². The molecule has 1 amide bonds. The van der Waals surface area contributed by atoms with E-state index in [1.54, 1.807) is 0 Å². The van der Waals surface area contributed by atoms with Gasteiger partial charge in [0.2, 0.25) is 5.91 Å². The number of benzene rings is 1. The Bertz CT molecular complexity index is 495. The number of rotatable bonds is 3. The average Bonchev–Trinajstić information content (AvgIpc) is 2.41. The lowest BCUT2D eigenvalue weighted by atomic mass is 9.99. The Morgan fingerprint density at radius 1 is 1.55 bits per heavy atom. The number of hydrogen-bond acceptors (Lipinski definition) is 2. The van der Waals surface area contributed by atoms with Gasteiger partial charge in [-0.15, -0.1) is 0 Å². The monoisotopic (exact) mass is 298 g/mol. The molecule has 0 aromatic heterocycles. The van der Waals surface area contributed by atoms with Crippen molar-refractivity contribution in [1.82, 2.24) is 4.90 Å². The maximum absolute atomic E-state index is 13.0. The van der Waals surface area contributed by atoms with Crippen LogP contribution in [0.15, 0.2) is 18.2 Å². The van der Waals surface area contributed by atoms with Crippen LogP contribution in [0.1, 0.15) is 26.7 Å². The van der Waals surface area contributed by atoms with Crippen molar-refractivity contribution in [1.29, 1.82) is 0 Å². The minimum atomic E-state index is -0.411. The normalized spacial score (nSPS) is 21.5. The number of nitrogens with zero attached hydrogens (tertiary/aromatic N) is 1. The number of anilines is 1. The Hall–Kier alpha value is -1.13. The molecule has 0 unspecified atom stereocenters. The lowest BCUT2D eigenvalue weighted by Gasteiger charge is -2.34. The molecular formula is C15H20ClFN2O. The van der Waals surface area contributed by atoms with Gasteiger partial charge in [0.05, 0.1) is 16.8 Å². The maximum Gasteiger partial charge on any atom is 0.241 e. The first kappa shape index (κ1) is 15.3. The van der Waals surface area contributed by atoms with E-state index < -0.39 is 5.82 Å². The SMILES string of the molecule is C[C@H]1CCCN([C@H](C)C(=O)Nc2ccc(F)cc2Cl)C1. The zero-order valence-corrected chi connectivity index (χ0v) is 12.6. The van der Waals surface area contributed by atoms with Crippen molar-refractivity contribution in [3.63, 3.8) is 0 Å². The summed E-state index contributed by atoms with van der Waals surface area (Å²) >= 11 is 5.92. The molecule has 0 bridgehead atoms. The minimum Gasteiger partial charge on any atom is -0.323 e. The second-order valence-electron chi connectivity index (χ2n) is 5.53. The summed E-state index contributed by atoms with van der Waals surface area (Å²) in [6.45, 7) is 5.97. The van der Waals surface area contributed by atoms with E-state index in [0.29, 0.717) is 11.6 Å². The number of nitrogens with one attached hydrogen (secondary N) is 1. The highest BCUT2D eigenvalue weighted by Gasteiger charge is 2.25. The predicted molar refractivity (Wildman–Crippen MR) is 79.5 cm³/mol. The Morgan fingerprint density at radius 2 is 2.30 bits per heavy atom. The largest absolute Gasteiger partial charge is 0.323 e. The Kier molecular flexibility index (Phi) is 5.00. The fourth-order valence-corrected chi connectivity index (χ4v) is 2.79. The van der Waals surface area contributed by atoms with E-state index in [1.807, 2.05) is 6.92 Å². The molecule has 0 aliphatic carbocycles. The Balaban J connectivity index is 2.00. The fourth-order valence-electron chi connectivity index (χ4n) is 2.57. The minimum absolute atomic E-state index is 0.104. The third-order valence-corrected chi connectivity index (χ3v) is 4.12. The van der Waals surface area contributed by atoms with Crippen LogP contribution in [-0.2, 0) is 4.79 Å². The van der Waals surface area contributed by atoms with Crippen LogP contribution < -0.4 is 5.32 Å². The number of likely N-dealkylation sites (tertiary alicyclic amines) is 1. The summed E-state index contributed by atoms with van der Waals surface area (Å²) in [4.78, 5) is 14.4. The van der Waals surface area contributed by atoms with E-state index in [9.17, 15) is 9.18 Å². The summed E-state index contributed by atoms with van der Waals surface area (Å²) < 4.78 is 13.0. The molecule has 2 rings (SSSR count). The molecule has 1 aromatic carbocycles. The molecule has 1 aliphatic rings. The van der Waals surface area contributed by atoms with Crippen molar-refractivity contribution < 1.29 is 9.18 Å². The summed E-state index contributed by atoms with van der Waals surface area (Å²) in [5.74, 6) is 0.104. The summed E-state index contributed by atoms with van der Waals surface area (Å²) in [6, 6.07) is 3.76. The van der Waals surface area contributed by atoms with Gasteiger partial charge in [0, 0.05) is 6.54 Å². The number of amides is 1. The van der Waals surface area contributed by atoms with E-state index in [1.165, 1.54) is 24.6 Å². The van der Waals surface area contributed by atoms with Crippen LogP contribution in [0, 0.1) is 11.7 Å². The van der Waals surface area contributed by atoms with Gasteiger partial charge in [-0.2, -0.15) is 0 Å². The highest BCUT2D eigenvalue weighted by molar-refractivity contribution is 6.33. The number of hydrogen-bond donors (Lipinski definition) is 1. The van der Waals surface area contributed by atoms with Gasteiger partial charge < -0.3 is 5.32 Å². The standard InChI is InChI=1S/C15H20ClFN2O/c1-10-4-3-7-19(9-10)11(2)15(20)18-14-6-5-12(17)8-13(14)16/h5-6,8,10-11H,3-4,7,9H2,1-2H3,(H,18,20)/t10-,11+/m0/s1. The predicted octanol–water partition coefficient (Wildman–Crippen LogP) is 3.54. The highest BCUT2D eigenvalue weighted by Crippen LogP contribution is 2.23. The van der Waals surface area contributed by atoms with E-state index in [0.717, 1.165) is 19.5 Å². The van der Waals surface area contributed by atoms with Crippen molar-refractivity contribution in [2.45, 2.75) is 32.7 Å². The van der Waals surface area contributed by atoms with Crippen molar-refractivity contribution in [3.8, 4) is 0 Å². The van der Waals surface area contributed by atoms with Gasteiger partial charge in [0.1, 0.15) is 5.82 Å². The van der Waals surface area contributed by atoms with Gasteiger partial charge in [0.25, 0.3) is 0 Å². The van der Waals surface area contributed by atoms with Crippen LogP contribution in [0.2, 0.25) is 5.02 Å². The van der Waals surface area contributed by atoms with Crippen LogP contribution in [0.4, 0.5) is 10.1 Å². The summed E-state index contributed by atoms with van der Waals surface area (Å²) in [5, 5.41) is 2.99. The molecule has 1 aromatic rings. The molecule has 20 heavy (non-hydrogen) atoms. The van der Waals surface area contributed by atoms with E-state index in [4.69, 9.17) is 11.6 Å². The molecule has 0 spiro atoms. The average molecular weight is 299 g/mol. The lowest BCUT2D eigenvalue weighted by molar-refractivity contribution is -0.121. The third-order valence-electron chi connectivity index (χ3n) is 3.80. The zero-order chi connectivity index (χ0) is 14.7. The van der Waals surface area contributed by atoms with Crippen LogP contribution in [0.25, 0.3) is 0 Å². The molecule has 0 saturated carbocycles. The molecule has 2 atom stereocenters. The number of piperidine rings is 1. The second kappa shape index (κ2) is 6.55. The first-order valence-electron chi connectivity index (χ1n) is 6.97. The molecule has 1 heterocycles. The Labute approximate surface area is 124 Å². The van der Waals surface area contributed by atoms with Crippen molar-refractivity contribution >= 4 is 23.2 Å². The fraction of sp³-hybridized carbons (Fsp3) is 0.533. The summed E-state index contributed by atoms with van der Waals surface area (Å²) in [7, 11) is 0. The first-order chi connectivity index (χ1) is 9.47.